The van der Waals surface area contributed by atoms with Crippen LogP contribution in [0.1, 0.15) is 39.5 Å². The molecule has 0 aromatic carbocycles. The minimum Gasteiger partial charge on any atom is -0.481 e. The summed E-state index contributed by atoms with van der Waals surface area (Å²) >= 11 is 0. The predicted molar refractivity (Wildman–Crippen MR) is 64.4 cm³/mol. The molecule has 0 saturated heterocycles. The molecule has 1 amide bonds. The number of hydrogen-bond donors (Lipinski definition) is 3. The summed E-state index contributed by atoms with van der Waals surface area (Å²) in [6, 6.07) is 0. The SMILES string of the molecule is CC(C)CC(CNC(=O)C1(N)CC1)CC(=O)O. The average molecular weight is 242 g/mol. The molecule has 1 rings (SSSR count). The third-order valence-electron chi connectivity index (χ3n) is 3.06. The predicted octanol–water partition coefficient (Wildman–Crippen LogP) is 0.731. The maximum Gasteiger partial charge on any atom is 0.303 e. The van der Waals surface area contributed by atoms with Crippen LogP contribution in [-0.4, -0.2) is 29.1 Å². The highest BCUT2D eigenvalue weighted by molar-refractivity contribution is 5.88. The van der Waals surface area contributed by atoms with E-state index in [-0.39, 0.29) is 18.2 Å². The van der Waals surface area contributed by atoms with Crippen molar-refractivity contribution in [3.05, 3.63) is 0 Å². The van der Waals surface area contributed by atoms with Crippen molar-refractivity contribution in [1.82, 2.24) is 5.32 Å². The minimum atomic E-state index is -0.821. The first-order valence-electron chi connectivity index (χ1n) is 6.12. The largest absolute Gasteiger partial charge is 0.481 e. The highest BCUT2D eigenvalue weighted by Crippen LogP contribution is 2.32. The Morgan fingerprint density at radius 1 is 1.41 bits per heavy atom. The normalized spacial score (nSPS) is 18.8. The van der Waals surface area contributed by atoms with Crippen LogP contribution in [0.25, 0.3) is 0 Å². The van der Waals surface area contributed by atoms with Crippen LogP contribution in [0.4, 0.5) is 0 Å². The van der Waals surface area contributed by atoms with Gasteiger partial charge in [0.2, 0.25) is 5.91 Å². The lowest BCUT2D eigenvalue weighted by atomic mass is 9.94. The summed E-state index contributed by atoms with van der Waals surface area (Å²) in [5, 5.41) is 11.6. The Labute approximate surface area is 102 Å². The van der Waals surface area contributed by atoms with Gasteiger partial charge in [0, 0.05) is 13.0 Å². The standard InChI is InChI=1S/C12H22N2O3/c1-8(2)5-9(6-10(15)16)7-14-11(17)12(13)3-4-12/h8-9H,3-7,13H2,1-2H3,(H,14,17)(H,15,16). The van der Waals surface area contributed by atoms with Gasteiger partial charge in [0.05, 0.1) is 5.54 Å². The van der Waals surface area contributed by atoms with Crippen LogP contribution in [0.15, 0.2) is 0 Å². The maximum absolute atomic E-state index is 11.6. The highest BCUT2D eigenvalue weighted by Gasteiger charge is 2.45. The number of amides is 1. The van der Waals surface area contributed by atoms with Crippen molar-refractivity contribution in [3.63, 3.8) is 0 Å². The molecule has 98 valence electrons. The van der Waals surface area contributed by atoms with Gasteiger partial charge in [-0.2, -0.15) is 0 Å². The highest BCUT2D eigenvalue weighted by atomic mass is 16.4. The summed E-state index contributed by atoms with van der Waals surface area (Å²) in [7, 11) is 0. The zero-order valence-electron chi connectivity index (χ0n) is 10.5. The topological polar surface area (TPSA) is 92.4 Å². The van der Waals surface area contributed by atoms with Crippen LogP contribution in [0.5, 0.6) is 0 Å². The van der Waals surface area contributed by atoms with Gasteiger partial charge in [-0.25, -0.2) is 0 Å². The van der Waals surface area contributed by atoms with Crippen molar-refractivity contribution >= 4 is 11.9 Å². The smallest absolute Gasteiger partial charge is 0.303 e. The first-order chi connectivity index (χ1) is 7.83. The molecule has 5 heteroatoms. The number of aliphatic carboxylic acids is 1. The lowest BCUT2D eigenvalue weighted by Gasteiger charge is -2.19. The number of carbonyl (C=O) groups is 2. The lowest BCUT2D eigenvalue weighted by Crippen LogP contribution is -2.44. The first-order valence-corrected chi connectivity index (χ1v) is 6.12. The van der Waals surface area contributed by atoms with E-state index in [4.69, 9.17) is 10.8 Å². The second-order valence-corrected chi connectivity index (χ2v) is 5.46. The van der Waals surface area contributed by atoms with Crippen LogP contribution in [0.3, 0.4) is 0 Å². The van der Waals surface area contributed by atoms with Crippen molar-refractivity contribution in [2.45, 2.75) is 45.1 Å². The molecule has 5 nitrogen and oxygen atoms in total. The summed E-state index contributed by atoms with van der Waals surface area (Å²) < 4.78 is 0. The minimum absolute atomic E-state index is 0.0150. The Hall–Kier alpha value is -1.10. The van der Waals surface area contributed by atoms with Crippen LogP contribution < -0.4 is 11.1 Å². The molecule has 17 heavy (non-hydrogen) atoms. The summed E-state index contributed by atoms with van der Waals surface area (Å²) in [6.07, 6.45) is 2.35. The second-order valence-electron chi connectivity index (χ2n) is 5.46. The lowest BCUT2D eigenvalue weighted by molar-refractivity contribution is -0.138. The van der Waals surface area contributed by atoms with E-state index in [2.05, 4.69) is 5.32 Å². The number of carbonyl (C=O) groups excluding carboxylic acids is 1. The third-order valence-corrected chi connectivity index (χ3v) is 3.06. The molecule has 1 fully saturated rings. The maximum atomic E-state index is 11.6. The molecule has 0 radical (unpaired) electrons. The number of nitrogens with one attached hydrogen (secondary N) is 1. The summed E-state index contributed by atoms with van der Waals surface area (Å²) in [5.41, 5.74) is 5.08. The quantitative estimate of drug-likeness (QED) is 0.613. The average Bonchev–Trinajstić information content (AvgIpc) is 2.92. The molecule has 1 aliphatic rings. The molecule has 4 N–H and O–H groups in total. The van der Waals surface area contributed by atoms with E-state index in [1.807, 2.05) is 13.8 Å². The second kappa shape index (κ2) is 5.49. The fourth-order valence-electron chi connectivity index (χ4n) is 1.93. The van der Waals surface area contributed by atoms with Crippen LogP contribution in [0, 0.1) is 11.8 Å². The fraction of sp³-hybridized carbons (Fsp3) is 0.833. The number of carboxylic acid groups (broad SMARTS) is 1. The van der Waals surface area contributed by atoms with Crippen molar-refractivity contribution < 1.29 is 14.7 Å². The molecule has 1 unspecified atom stereocenters. The van der Waals surface area contributed by atoms with E-state index in [9.17, 15) is 9.59 Å². The Morgan fingerprint density at radius 3 is 2.41 bits per heavy atom. The van der Waals surface area contributed by atoms with Crippen molar-refractivity contribution in [2.24, 2.45) is 17.6 Å². The Balaban J connectivity index is 2.37. The van der Waals surface area contributed by atoms with E-state index in [0.717, 1.165) is 19.3 Å². The Kier molecular flexibility index (Phi) is 4.51. The van der Waals surface area contributed by atoms with E-state index >= 15 is 0 Å². The van der Waals surface area contributed by atoms with Gasteiger partial charge >= 0.3 is 5.97 Å². The molecular weight excluding hydrogens is 220 g/mol. The molecule has 0 spiro atoms. The molecular formula is C12H22N2O3. The first kappa shape index (κ1) is 14.0. The van der Waals surface area contributed by atoms with Gasteiger partial charge in [0.1, 0.15) is 0 Å². The number of hydrogen-bond acceptors (Lipinski definition) is 3. The van der Waals surface area contributed by atoms with Gasteiger partial charge in [-0.1, -0.05) is 13.8 Å². The molecule has 1 atom stereocenters. The Bertz CT molecular complexity index is 298. The van der Waals surface area contributed by atoms with Gasteiger partial charge < -0.3 is 16.2 Å². The van der Waals surface area contributed by atoms with Crippen molar-refractivity contribution in [1.29, 1.82) is 0 Å². The monoisotopic (exact) mass is 242 g/mol. The van der Waals surface area contributed by atoms with Crippen LogP contribution in [-0.2, 0) is 9.59 Å². The summed E-state index contributed by atoms with van der Waals surface area (Å²) in [5.74, 6) is -0.557. The van der Waals surface area contributed by atoms with Gasteiger partial charge in [-0.15, -0.1) is 0 Å². The van der Waals surface area contributed by atoms with Crippen molar-refractivity contribution in [2.75, 3.05) is 6.54 Å². The molecule has 0 aromatic heterocycles. The zero-order valence-corrected chi connectivity index (χ0v) is 10.5. The molecule has 0 heterocycles. The summed E-state index contributed by atoms with van der Waals surface area (Å²) in [4.78, 5) is 22.3. The molecule has 0 bridgehead atoms. The van der Waals surface area contributed by atoms with Crippen LogP contribution >= 0.6 is 0 Å². The van der Waals surface area contributed by atoms with Gasteiger partial charge in [0.15, 0.2) is 0 Å². The van der Waals surface area contributed by atoms with Gasteiger partial charge in [-0.05, 0) is 31.1 Å². The molecule has 0 aliphatic heterocycles. The van der Waals surface area contributed by atoms with Crippen molar-refractivity contribution in [3.8, 4) is 0 Å². The summed E-state index contributed by atoms with van der Waals surface area (Å²) in [6.45, 7) is 4.49. The van der Waals surface area contributed by atoms with E-state index in [0.29, 0.717) is 12.5 Å². The van der Waals surface area contributed by atoms with E-state index < -0.39 is 11.5 Å². The number of nitrogens with two attached hydrogens (primary N) is 1. The van der Waals surface area contributed by atoms with Gasteiger partial charge in [-0.3, -0.25) is 9.59 Å². The van der Waals surface area contributed by atoms with E-state index in [1.165, 1.54) is 0 Å². The molecule has 0 aromatic rings. The van der Waals surface area contributed by atoms with Crippen LogP contribution in [0.2, 0.25) is 0 Å². The molecule has 1 saturated carbocycles. The zero-order chi connectivity index (χ0) is 13.1. The molecule has 1 aliphatic carbocycles. The van der Waals surface area contributed by atoms with E-state index in [1.54, 1.807) is 0 Å². The van der Waals surface area contributed by atoms with Gasteiger partial charge in [0.25, 0.3) is 0 Å². The number of rotatable bonds is 7. The fourth-order valence-corrected chi connectivity index (χ4v) is 1.93. The Morgan fingerprint density at radius 2 is 2.00 bits per heavy atom. The third kappa shape index (κ3) is 4.73. The number of carboxylic acids is 1.